The Morgan fingerprint density at radius 2 is 2.31 bits per heavy atom. The van der Waals surface area contributed by atoms with Gasteiger partial charge in [-0.3, -0.25) is 9.23 Å². The highest BCUT2D eigenvalue weighted by Gasteiger charge is 2.05. The van der Waals surface area contributed by atoms with Gasteiger partial charge in [0.1, 0.15) is 0 Å². The molecule has 0 bridgehead atoms. The maximum atomic E-state index is 10.5. The number of hydrogen-bond donors (Lipinski definition) is 2. The molecule has 2 aromatic rings. The van der Waals surface area contributed by atoms with E-state index in [1.165, 1.54) is 0 Å². The third-order valence-corrected chi connectivity index (χ3v) is 2.89. The maximum Gasteiger partial charge on any atom is 0.232 e. The van der Waals surface area contributed by atoms with E-state index in [0.29, 0.717) is 6.54 Å². The Balaban J connectivity index is 2.36. The lowest BCUT2D eigenvalue weighted by Gasteiger charge is -2.01. The van der Waals surface area contributed by atoms with E-state index in [1.54, 1.807) is 0 Å². The van der Waals surface area contributed by atoms with Crippen molar-refractivity contribution in [3.05, 3.63) is 29.5 Å². The van der Waals surface area contributed by atoms with E-state index in [-0.39, 0.29) is 0 Å². The number of nitrogens with one attached hydrogen (secondary N) is 1. The Morgan fingerprint density at radius 1 is 1.56 bits per heavy atom. The van der Waals surface area contributed by atoms with Crippen LogP contribution >= 0.6 is 0 Å². The summed E-state index contributed by atoms with van der Waals surface area (Å²) in [5.74, 6) is 0. The molecule has 0 saturated heterocycles. The normalized spacial score (nSPS) is 13.2. The van der Waals surface area contributed by atoms with Crippen LogP contribution in [0.5, 0.6) is 0 Å². The van der Waals surface area contributed by atoms with Gasteiger partial charge in [-0.05, 0) is 24.6 Å². The van der Waals surface area contributed by atoms with Crippen LogP contribution < -0.4 is 4.72 Å². The number of aromatic nitrogens is 2. The molecule has 0 saturated carbocycles. The average Bonchev–Trinajstić information content (AvgIpc) is 2.52. The number of fused-ring (bicyclic) bond motifs is 1. The van der Waals surface area contributed by atoms with Gasteiger partial charge in [-0.15, -0.1) is 0 Å². The molecule has 86 valence electrons. The Hall–Kier alpha value is -1.24. The van der Waals surface area contributed by atoms with Crippen LogP contribution in [0.1, 0.15) is 11.3 Å². The SMILES string of the molecule is Cc1nn(C)c2ccc(CNS(=O)O)cc12. The van der Waals surface area contributed by atoms with Gasteiger partial charge in [0.15, 0.2) is 0 Å². The first-order valence-electron chi connectivity index (χ1n) is 4.84. The molecule has 1 unspecified atom stereocenters. The van der Waals surface area contributed by atoms with Crippen molar-refractivity contribution in [2.24, 2.45) is 7.05 Å². The number of benzene rings is 1. The summed E-state index contributed by atoms with van der Waals surface area (Å²) in [5.41, 5.74) is 2.99. The predicted octanol–water partition coefficient (Wildman–Crippen LogP) is 1.11. The molecule has 2 rings (SSSR count). The standard InChI is InChI=1S/C10H13N3O2S/c1-7-9-5-8(6-11-16(14)15)3-4-10(9)13(2)12-7/h3-5,11H,6H2,1-2H3,(H,14,15). The highest BCUT2D eigenvalue weighted by Crippen LogP contribution is 2.18. The van der Waals surface area contributed by atoms with Gasteiger partial charge in [0.05, 0.1) is 11.2 Å². The Labute approximate surface area is 95.9 Å². The second-order valence-electron chi connectivity index (χ2n) is 3.63. The first-order valence-corrected chi connectivity index (χ1v) is 5.95. The second kappa shape index (κ2) is 4.32. The van der Waals surface area contributed by atoms with E-state index in [9.17, 15) is 4.21 Å². The van der Waals surface area contributed by atoms with Crippen LogP contribution in [-0.2, 0) is 24.9 Å². The maximum absolute atomic E-state index is 10.5. The van der Waals surface area contributed by atoms with Gasteiger partial charge in [0.2, 0.25) is 11.3 Å². The Bertz CT molecular complexity index is 550. The minimum Gasteiger partial charge on any atom is -0.294 e. The summed E-state index contributed by atoms with van der Waals surface area (Å²) in [5, 5.41) is 5.39. The zero-order chi connectivity index (χ0) is 11.7. The van der Waals surface area contributed by atoms with Crippen molar-refractivity contribution in [3.8, 4) is 0 Å². The molecule has 1 aromatic carbocycles. The van der Waals surface area contributed by atoms with Crippen molar-refractivity contribution < 1.29 is 8.76 Å². The molecule has 0 aliphatic carbocycles. The van der Waals surface area contributed by atoms with Gasteiger partial charge >= 0.3 is 0 Å². The van der Waals surface area contributed by atoms with Crippen LogP contribution in [0.25, 0.3) is 10.9 Å². The lowest BCUT2D eigenvalue weighted by molar-refractivity contribution is 0.548. The monoisotopic (exact) mass is 239 g/mol. The molecule has 6 heteroatoms. The quantitative estimate of drug-likeness (QED) is 0.788. The van der Waals surface area contributed by atoms with Crippen molar-refractivity contribution >= 4 is 22.2 Å². The first-order chi connectivity index (χ1) is 7.58. The summed E-state index contributed by atoms with van der Waals surface area (Å²) in [6, 6.07) is 5.87. The molecular formula is C10H13N3O2S. The molecule has 2 N–H and O–H groups in total. The minimum absolute atomic E-state index is 0.368. The third-order valence-electron chi connectivity index (χ3n) is 2.50. The third kappa shape index (κ3) is 2.13. The van der Waals surface area contributed by atoms with Gasteiger partial charge in [-0.2, -0.15) is 5.10 Å². The summed E-state index contributed by atoms with van der Waals surface area (Å²) in [7, 11) is 1.90. The van der Waals surface area contributed by atoms with E-state index in [4.69, 9.17) is 4.55 Å². The van der Waals surface area contributed by atoms with Crippen molar-refractivity contribution in [2.75, 3.05) is 0 Å². The molecule has 1 atom stereocenters. The second-order valence-corrected chi connectivity index (χ2v) is 4.42. The lowest BCUT2D eigenvalue weighted by atomic mass is 10.1. The highest BCUT2D eigenvalue weighted by molar-refractivity contribution is 7.77. The zero-order valence-electron chi connectivity index (χ0n) is 9.10. The van der Waals surface area contributed by atoms with Crippen LogP contribution in [-0.4, -0.2) is 18.5 Å². The van der Waals surface area contributed by atoms with Gasteiger partial charge in [0, 0.05) is 19.0 Å². The number of nitrogens with zero attached hydrogens (tertiary/aromatic N) is 2. The highest BCUT2D eigenvalue weighted by atomic mass is 32.2. The van der Waals surface area contributed by atoms with Crippen LogP contribution in [0.3, 0.4) is 0 Å². The minimum atomic E-state index is -1.97. The van der Waals surface area contributed by atoms with Crippen LogP contribution in [0.15, 0.2) is 18.2 Å². The summed E-state index contributed by atoms with van der Waals surface area (Å²) in [6.45, 7) is 2.32. The van der Waals surface area contributed by atoms with Crippen LogP contribution in [0, 0.1) is 6.92 Å². The molecule has 1 aromatic heterocycles. The number of rotatable bonds is 3. The topological polar surface area (TPSA) is 67.2 Å². The van der Waals surface area contributed by atoms with E-state index < -0.39 is 11.3 Å². The average molecular weight is 239 g/mol. The van der Waals surface area contributed by atoms with Gasteiger partial charge in [-0.25, -0.2) is 8.93 Å². The number of hydrogen-bond acceptors (Lipinski definition) is 2. The molecule has 1 heterocycles. The number of aryl methyl sites for hydroxylation is 2. The smallest absolute Gasteiger partial charge is 0.232 e. The van der Waals surface area contributed by atoms with Gasteiger partial charge in [0.25, 0.3) is 0 Å². The summed E-state index contributed by atoms with van der Waals surface area (Å²) in [6.07, 6.45) is 0. The predicted molar refractivity (Wildman–Crippen MR) is 63.1 cm³/mol. The van der Waals surface area contributed by atoms with Crippen molar-refractivity contribution in [1.29, 1.82) is 0 Å². The fourth-order valence-electron chi connectivity index (χ4n) is 1.74. The van der Waals surface area contributed by atoms with Crippen LogP contribution in [0.4, 0.5) is 0 Å². The molecular weight excluding hydrogens is 226 g/mol. The zero-order valence-corrected chi connectivity index (χ0v) is 9.91. The van der Waals surface area contributed by atoms with E-state index >= 15 is 0 Å². The van der Waals surface area contributed by atoms with Crippen molar-refractivity contribution in [1.82, 2.24) is 14.5 Å². The molecule has 0 aliphatic rings. The summed E-state index contributed by atoms with van der Waals surface area (Å²) >= 11 is -1.97. The fourth-order valence-corrected chi connectivity index (χ4v) is 2.03. The summed E-state index contributed by atoms with van der Waals surface area (Å²) < 4.78 is 23.4. The largest absolute Gasteiger partial charge is 0.294 e. The molecule has 0 radical (unpaired) electrons. The molecule has 16 heavy (non-hydrogen) atoms. The summed E-state index contributed by atoms with van der Waals surface area (Å²) in [4.78, 5) is 0. The Kier molecular flexibility index (Phi) is 3.04. The van der Waals surface area contributed by atoms with E-state index in [0.717, 1.165) is 22.2 Å². The lowest BCUT2D eigenvalue weighted by Crippen LogP contribution is -2.15. The van der Waals surface area contributed by atoms with Gasteiger partial charge in [-0.1, -0.05) is 6.07 Å². The van der Waals surface area contributed by atoms with E-state index in [2.05, 4.69) is 9.82 Å². The molecule has 0 aliphatic heterocycles. The Morgan fingerprint density at radius 3 is 3.00 bits per heavy atom. The first kappa shape index (κ1) is 11.3. The fraction of sp³-hybridized carbons (Fsp3) is 0.300. The molecule has 5 nitrogen and oxygen atoms in total. The van der Waals surface area contributed by atoms with E-state index in [1.807, 2.05) is 36.9 Å². The van der Waals surface area contributed by atoms with Crippen LogP contribution in [0.2, 0.25) is 0 Å². The van der Waals surface area contributed by atoms with Gasteiger partial charge < -0.3 is 0 Å². The molecule has 0 spiro atoms. The molecule has 0 amide bonds. The van der Waals surface area contributed by atoms with Crippen molar-refractivity contribution in [2.45, 2.75) is 13.5 Å². The molecule has 0 fully saturated rings. The van der Waals surface area contributed by atoms with Crippen molar-refractivity contribution in [3.63, 3.8) is 0 Å².